The van der Waals surface area contributed by atoms with Crippen LogP contribution in [0.1, 0.15) is 5.82 Å². The normalized spacial score (nSPS) is 12.6. The van der Waals surface area contributed by atoms with Gasteiger partial charge in [-0.1, -0.05) is 18.2 Å². The van der Waals surface area contributed by atoms with E-state index in [-0.39, 0.29) is 8.98 Å². The van der Waals surface area contributed by atoms with Crippen LogP contribution in [-0.4, -0.2) is 22.6 Å². The van der Waals surface area contributed by atoms with E-state index in [2.05, 4.69) is 10.1 Å². The molecule has 2 N–H and O–H groups in total. The van der Waals surface area contributed by atoms with Crippen LogP contribution in [0.4, 0.5) is 19.1 Å². The van der Waals surface area contributed by atoms with Crippen LogP contribution >= 0.6 is 0 Å². The van der Waals surface area contributed by atoms with Gasteiger partial charge in [-0.2, -0.15) is 26.6 Å². The van der Waals surface area contributed by atoms with Crippen molar-refractivity contribution in [2.75, 3.05) is 5.73 Å². The molecule has 0 aliphatic carbocycles. The molecule has 102 valence electrons. The maximum atomic E-state index is 12.4. The Morgan fingerprint density at radius 2 is 1.74 bits per heavy atom. The SMILES string of the molecule is Nc1nc(C(F)(F)F)nn1S(=O)(=O)c1ccccc1. The minimum Gasteiger partial charge on any atom is -0.367 e. The van der Waals surface area contributed by atoms with Crippen LogP contribution < -0.4 is 5.73 Å². The van der Waals surface area contributed by atoms with E-state index in [1.807, 2.05) is 0 Å². The van der Waals surface area contributed by atoms with Crippen molar-refractivity contribution in [1.29, 1.82) is 0 Å². The summed E-state index contributed by atoms with van der Waals surface area (Å²) in [4.78, 5) is 2.66. The van der Waals surface area contributed by atoms with Gasteiger partial charge in [-0.05, 0) is 12.1 Å². The highest BCUT2D eigenvalue weighted by atomic mass is 32.2. The van der Waals surface area contributed by atoms with E-state index in [0.29, 0.717) is 0 Å². The molecule has 0 bridgehead atoms. The zero-order chi connectivity index (χ0) is 14.3. The molecule has 0 spiro atoms. The molecular formula is C9H7F3N4O2S. The lowest BCUT2D eigenvalue weighted by molar-refractivity contribution is -0.144. The first kappa shape index (κ1) is 13.3. The predicted octanol–water partition coefficient (Wildman–Crippen LogP) is 1.12. The third-order valence-corrected chi connectivity index (χ3v) is 3.72. The number of hydrogen-bond donors (Lipinski definition) is 1. The molecule has 1 aromatic carbocycles. The third-order valence-electron chi connectivity index (χ3n) is 2.12. The van der Waals surface area contributed by atoms with Crippen molar-refractivity contribution in [3.8, 4) is 0 Å². The average Bonchev–Trinajstić information content (AvgIpc) is 2.73. The largest absolute Gasteiger partial charge is 0.453 e. The molecule has 6 nitrogen and oxygen atoms in total. The molecule has 0 unspecified atom stereocenters. The molecule has 0 fully saturated rings. The molecule has 0 saturated heterocycles. The Bertz CT molecular complexity index is 694. The molecule has 0 amide bonds. The Labute approximate surface area is 105 Å². The first-order valence-corrected chi connectivity index (χ1v) is 6.27. The number of nitrogens with zero attached hydrogens (tertiary/aromatic N) is 3. The van der Waals surface area contributed by atoms with Crippen LogP contribution in [0, 0.1) is 0 Å². The zero-order valence-electron chi connectivity index (χ0n) is 9.16. The van der Waals surface area contributed by atoms with Crippen molar-refractivity contribution in [3.05, 3.63) is 36.2 Å². The summed E-state index contributed by atoms with van der Waals surface area (Å²) in [7, 11) is -4.29. The Morgan fingerprint density at radius 1 is 1.16 bits per heavy atom. The number of halogens is 3. The van der Waals surface area contributed by atoms with Gasteiger partial charge in [-0.25, -0.2) is 0 Å². The second kappa shape index (κ2) is 4.23. The smallest absolute Gasteiger partial charge is 0.367 e. The lowest BCUT2D eigenvalue weighted by atomic mass is 10.4. The molecule has 1 heterocycles. The highest BCUT2D eigenvalue weighted by Crippen LogP contribution is 2.27. The first-order chi connectivity index (χ1) is 8.73. The summed E-state index contributed by atoms with van der Waals surface area (Å²) in [5.74, 6) is -2.46. The van der Waals surface area contributed by atoms with E-state index in [9.17, 15) is 21.6 Å². The van der Waals surface area contributed by atoms with Gasteiger partial charge in [0.1, 0.15) is 0 Å². The van der Waals surface area contributed by atoms with Crippen LogP contribution in [0.25, 0.3) is 0 Å². The number of rotatable bonds is 2. The fraction of sp³-hybridized carbons (Fsp3) is 0.111. The minimum absolute atomic E-state index is 0.0607. The molecule has 2 aromatic rings. The van der Waals surface area contributed by atoms with E-state index in [4.69, 9.17) is 5.73 Å². The molecule has 0 aliphatic heterocycles. The van der Waals surface area contributed by atoms with Gasteiger partial charge in [-0.15, -0.1) is 9.19 Å². The summed E-state index contributed by atoms with van der Waals surface area (Å²) < 4.78 is 61.2. The predicted molar refractivity (Wildman–Crippen MR) is 58.5 cm³/mol. The number of hydrogen-bond acceptors (Lipinski definition) is 5. The van der Waals surface area contributed by atoms with E-state index in [1.165, 1.54) is 24.3 Å². The van der Waals surface area contributed by atoms with Crippen molar-refractivity contribution >= 4 is 16.0 Å². The van der Waals surface area contributed by atoms with Gasteiger partial charge in [-0.3, -0.25) is 0 Å². The van der Waals surface area contributed by atoms with Crippen LogP contribution in [0.2, 0.25) is 0 Å². The molecular weight excluding hydrogens is 285 g/mol. The van der Waals surface area contributed by atoms with E-state index >= 15 is 0 Å². The molecule has 10 heteroatoms. The molecule has 1 aromatic heterocycles. The summed E-state index contributed by atoms with van der Waals surface area (Å²) in [6, 6.07) is 6.83. The zero-order valence-corrected chi connectivity index (χ0v) is 9.98. The summed E-state index contributed by atoms with van der Waals surface area (Å²) in [5.41, 5.74) is 5.17. The van der Waals surface area contributed by atoms with Gasteiger partial charge >= 0.3 is 6.18 Å². The lowest BCUT2D eigenvalue weighted by Gasteiger charge is -2.04. The van der Waals surface area contributed by atoms with Crippen LogP contribution in [-0.2, 0) is 16.2 Å². The van der Waals surface area contributed by atoms with Gasteiger partial charge in [0, 0.05) is 0 Å². The maximum Gasteiger partial charge on any atom is 0.453 e. The topological polar surface area (TPSA) is 90.9 Å². The molecule has 0 saturated carbocycles. The Balaban J connectivity index is 2.57. The summed E-state index contributed by atoms with van der Waals surface area (Å²) in [6.07, 6.45) is -4.87. The van der Waals surface area contributed by atoms with Gasteiger partial charge in [0.2, 0.25) is 5.95 Å². The van der Waals surface area contributed by atoms with Crippen LogP contribution in [0.3, 0.4) is 0 Å². The van der Waals surface area contributed by atoms with Gasteiger partial charge < -0.3 is 5.73 Å². The number of alkyl halides is 3. The van der Waals surface area contributed by atoms with E-state index < -0.39 is 28.0 Å². The fourth-order valence-electron chi connectivity index (χ4n) is 1.30. The summed E-state index contributed by atoms with van der Waals surface area (Å²) >= 11 is 0. The molecule has 0 aliphatic rings. The molecule has 19 heavy (non-hydrogen) atoms. The van der Waals surface area contributed by atoms with E-state index in [1.54, 1.807) is 6.07 Å². The van der Waals surface area contributed by atoms with Crippen molar-refractivity contribution in [2.45, 2.75) is 11.1 Å². The number of aromatic nitrogens is 3. The second-order valence-electron chi connectivity index (χ2n) is 3.45. The number of nitrogens with two attached hydrogens (primary N) is 1. The third kappa shape index (κ3) is 2.38. The molecule has 0 atom stereocenters. The van der Waals surface area contributed by atoms with Gasteiger partial charge in [0.15, 0.2) is 0 Å². The van der Waals surface area contributed by atoms with Gasteiger partial charge in [0.05, 0.1) is 4.90 Å². The summed E-state index contributed by atoms with van der Waals surface area (Å²) in [5, 5.41) is 2.90. The average molecular weight is 292 g/mol. The first-order valence-electron chi connectivity index (χ1n) is 4.83. The number of nitrogen functional groups attached to an aromatic ring is 1. The second-order valence-corrected chi connectivity index (χ2v) is 5.22. The lowest BCUT2D eigenvalue weighted by Crippen LogP contribution is -2.17. The molecule has 0 radical (unpaired) electrons. The Kier molecular flexibility index (Phi) is 2.97. The minimum atomic E-state index is -4.87. The number of benzene rings is 1. The monoisotopic (exact) mass is 292 g/mol. The highest BCUT2D eigenvalue weighted by Gasteiger charge is 2.38. The van der Waals surface area contributed by atoms with Crippen molar-refractivity contribution < 1.29 is 21.6 Å². The van der Waals surface area contributed by atoms with Crippen LogP contribution in [0.5, 0.6) is 0 Å². The Hall–Kier alpha value is -2.10. The van der Waals surface area contributed by atoms with Crippen molar-refractivity contribution in [1.82, 2.24) is 14.2 Å². The quantitative estimate of drug-likeness (QED) is 0.895. The highest BCUT2D eigenvalue weighted by molar-refractivity contribution is 7.90. The number of anilines is 1. The Morgan fingerprint density at radius 3 is 2.21 bits per heavy atom. The molecule has 2 rings (SSSR count). The van der Waals surface area contributed by atoms with Crippen LogP contribution in [0.15, 0.2) is 35.2 Å². The fourth-order valence-corrected chi connectivity index (χ4v) is 2.47. The maximum absolute atomic E-state index is 12.4. The van der Waals surface area contributed by atoms with Crippen molar-refractivity contribution in [2.24, 2.45) is 0 Å². The van der Waals surface area contributed by atoms with E-state index in [0.717, 1.165) is 0 Å². The van der Waals surface area contributed by atoms with Gasteiger partial charge in [0.25, 0.3) is 15.8 Å². The standard InChI is InChI=1S/C9H7F3N4O2S/c10-9(11,12)7-14-8(13)16(15-7)19(17,18)6-4-2-1-3-5-6/h1-5H,(H2,13,14,15). The van der Waals surface area contributed by atoms with Crippen molar-refractivity contribution in [3.63, 3.8) is 0 Å². The summed E-state index contributed by atoms with van der Waals surface area (Å²) in [6.45, 7) is 0.